The summed E-state index contributed by atoms with van der Waals surface area (Å²) < 4.78 is 48.1. The maximum atomic E-state index is 13.6. The van der Waals surface area contributed by atoms with Crippen molar-refractivity contribution in [3.63, 3.8) is 0 Å². The van der Waals surface area contributed by atoms with Crippen molar-refractivity contribution in [2.45, 2.75) is 50.9 Å². The number of ether oxygens (including phenoxy) is 1. The highest BCUT2D eigenvalue weighted by molar-refractivity contribution is 5.87. The summed E-state index contributed by atoms with van der Waals surface area (Å²) in [6, 6.07) is 1.22. The molecule has 0 radical (unpaired) electrons. The maximum Gasteiger partial charge on any atom is 0.417 e. The minimum atomic E-state index is -4.44. The molecule has 0 unspecified atom stereocenters. The van der Waals surface area contributed by atoms with Crippen molar-refractivity contribution in [1.29, 1.82) is 0 Å². The van der Waals surface area contributed by atoms with Crippen LogP contribution >= 0.6 is 0 Å². The number of alkyl halides is 3. The van der Waals surface area contributed by atoms with Crippen LogP contribution in [0.2, 0.25) is 0 Å². The summed E-state index contributed by atoms with van der Waals surface area (Å²) in [6.07, 6.45) is 1.21. The summed E-state index contributed by atoms with van der Waals surface area (Å²) in [6.45, 7) is 11.4. The molecule has 1 N–H and O–H groups in total. The van der Waals surface area contributed by atoms with Gasteiger partial charge in [-0.05, 0) is 30.9 Å². The molecule has 7 nitrogen and oxygen atoms in total. The smallest absolute Gasteiger partial charge is 0.379 e. The number of morpholine rings is 1. The van der Waals surface area contributed by atoms with Gasteiger partial charge in [0.2, 0.25) is 5.91 Å². The molecule has 10 heteroatoms. The Morgan fingerprint density at radius 1 is 1.32 bits per heavy atom. The molecule has 186 valence electrons. The van der Waals surface area contributed by atoms with Crippen LogP contribution in [0.25, 0.3) is 5.65 Å². The molecule has 0 aliphatic carbocycles. The van der Waals surface area contributed by atoms with Gasteiger partial charge in [-0.3, -0.25) is 4.79 Å². The largest absolute Gasteiger partial charge is 0.417 e. The van der Waals surface area contributed by atoms with E-state index < -0.39 is 11.7 Å². The highest BCUT2D eigenvalue weighted by Crippen LogP contribution is 2.34. The van der Waals surface area contributed by atoms with Gasteiger partial charge in [-0.15, -0.1) is 0 Å². The third-order valence-electron chi connectivity index (χ3n) is 6.59. The van der Waals surface area contributed by atoms with Crippen LogP contribution in [0, 0.1) is 0 Å². The van der Waals surface area contributed by atoms with Crippen LogP contribution in [0.5, 0.6) is 0 Å². The van der Waals surface area contributed by atoms with Crippen LogP contribution < -0.4 is 5.32 Å². The van der Waals surface area contributed by atoms with Gasteiger partial charge in [0.15, 0.2) is 5.65 Å². The number of likely N-dealkylation sites (tertiary alicyclic amines) is 1. The van der Waals surface area contributed by atoms with Crippen molar-refractivity contribution >= 4 is 17.2 Å². The van der Waals surface area contributed by atoms with Crippen LogP contribution in [0.1, 0.15) is 43.9 Å². The lowest BCUT2D eigenvalue weighted by Gasteiger charge is -2.38. The average Bonchev–Trinajstić information content (AvgIpc) is 3.24. The van der Waals surface area contributed by atoms with E-state index in [1.807, 2.05) is 13.8 Å². The number of aromatic nitrogens is 2. The van der Waals surface area contributed by atoms with E-state index >= 15 is 0 Å². The van der Waals surface area contributed by atoms with E-state index in [0.717, 1.165) is 44.4 Å². The molecular weight excluding hydrogens is 447 g/mol. The third kappa shape index (κ3) is 5.38. The summed E-state index contributed by atoms with van der Waals surface area (Å²) >= 11 is 0. The first-order valence-electron chi connectivity index (χ1n) is 11.8. The van der Waals surface area contributed by atoms with Crippen LogP contribution in [0.3, 0.4) is 0 Å². The van der Waals surface area contributed by atoms with Crippen molar-refractivity contribution in [3.8, 4) is 0 Å². The molecule has 1 atom stereocenters. The molecule has 2 aromatic rings. The molecule has 2 aromatic heterocycles. The van der Waals surface area contributed by atoms with Crippen molar-refractivity contribution in [3.05, 3.63) is 42.4 Å². The number of carbonyl (C=O) groups excluding carboxylic acids is 1. The number of hydrogen-bond donors (Lipinski definition) is 1. The number of rotatable bonds is 6. The molecule has 2 saturated heterocycles. The second-order valence-corrected chi connectivity index (χ2v) is 9.37. The van der Waals surface area contributed by atoms with E-state index in [0.29, 0.717) is 31.0 Å². The number of piperidine rings is 1. The number of amides is 1. The number of anilines is 1. The van der Waals surface area contributed by atoms with Gasteiger partial charge in [-0.25, -0.2) is 4.98 Å². The number of nitrogens with zero attached hydrogens (tertiary/aromatic N) is 4. The van der Waals surface area contributed by atoms with Crippen LogP contribution in [0.4, 0.5) is 18.9 Å². The number of imidazole rings is 1. The Balaban J connectivity index is 1.41. The minimum absolute atomic E-state index is 0.0499. The average molecular weight is 480 g/mol. The summed E-state index contributed by atoms with van der Waals surface area (Å²) in [4.78, 5) is 20.4. The predicted molar refractivity (Wildman–Crippen MR) is 124 cm³/mol. The molecule has 0 bridgehead atoms. The van der Waals surface area contributed by atoms with Crippen molar-refractivity contribution in [2.24, 2.45) is 0 Å². The zero-order valence-corrected chi connectivity index (χ0v) is 19.6. The van der Waals surface area contributed by atoms with E-state index in [2.05, 4.69) is 21.8 Å². The van der Waals surface area contributed by atoms with E-state index in [1.165, 1.54) is 12.1 Å². The minimum Gasteiger partial charge on any atom is -0.379 e. The SMILES string of the molecule is C=CC(=O)N1CCO[C@@H](CN2CCC(Nc3cc(C(F)(F)F)cn4c(C(C)C)cnc34)CC2)C1. The molecule has 2 aliphatic rings. The van der Waals surface area contributed by atoms with Gasteiger partial charge < -0.3 is 24.3 Å². The number of nitrogens with one attached hydrogen (secondary N) is 1. The molecule has 4 heterocycles. The number of halogens is 3. The Bertz CT molecular complexity index is 1030. The second-order valence-electron chi connectivity index (χ2n) is 9.37. The molecule has 0 spiro atoms. The summed E-state index contributed by atoms with van der Waals surface area (Å²) in [7, 11) is 0. The summed E-state index contributed by atoms with van der Waals surface area (Å²) in [5.74, 6) is -0.0301. The van der Waals surface area contributed by atoms with E-state index in [-0.39, 0.29) is 24.0 Å². The molecule has 2 aliphatic heterocycles. The van der Waals surface area contributed by atoms with Gasteiger partial charge in [-0.1, -0.05) is 20.4 Å². The number of carbonyl (C=O) groups is 1. The number of pyridine rings is 1. The lowest BCUT2D eigenvalue weighted by Crippen LogP contribution is -2.51. The van der Waals surface area contributed by atoms with Crippen LogP contribution in [-0.4, -0.2) is 76.6 Å². The van der Waals surface area contributed by atoms with Crippen molar-refractivity contribution in [1.82, 2.24) is 19.2 Å². The first kappa shape index (κ1) is 24.5. The Morgan fingerprint density at radius 2 is 2.06 bits per heavy atom. The molecule has 0 saturated carbocycles. The molecule has 0 aromatic carbocycles. The van der Waals surface area contributed by atoms with Gasteiger partial charge in [0.1, 0.15) is 0 Å². The lowest BCUT2D eigenvalue weighted by molar-refractivity contribution is -0.138. The standard InChI is InChI=1S/C24H32F3N5O2/c1-4-22(33)31-9-10-34-19(15-31)14-30-7-5-18(6-8-30)29-20-11-17(24(25,26)27)13-32-21(16(2)3)12-28-23(20)32/h4,11-13,16,18-19,29H,1,5-10,14-15H2,2-3H3/t19-/m0/s1. The van der Waals surface area contributed by atoms with Gasteiger partial charge in [0.05, 0.1) is 24.0 Å². The molecule has 1 amide bonds. The maximum absolute atomic E-state index is 13.6. The van der Waals surface area contributed by atoms with E-state index in [1.54, 1.807) is 15.5 Å². The summed E-state index contributed by atoms with van der Waals surface area (Å²) in [5, 5.41) is 3.34. The Kier molecular flexibility index (Phi) is 7.18. The molecule has 4 rings (SSSR count). The fourth-order valence-electron chi connectivity index (χ4n) is 4.72. The van der Waals surface area contributed by atoms with Gasteiger partial charge in [0.25, 0.3) is 0 Å². The normalized spacial score (nSPS) is 20.8. The fraction of sp³-hybridized carbons (Fsp3) is 0.583. The van der Waals surface area contributed by atoms with Crippen LogP contribution in [0.15, 0.2) is 31.1 Å². The van der Waals surface area contributed by atoms with E-state index in [9.17, 15) is 18.0 Å². The quantitative estimate of drug-likeness (QED) is 0.640. The highest BCUT2D eigenvalue weighted by Gasteiger charge is 2.33. The van der Waals surface area contributed by atoms with Crippen molar-refractivity contribution in [2.75, 3.05) is 44.6 Å². The van der Waals surface area contributed by atoms with Crippen molar-refractivity contribution < 1.29 is 22.7 Å². The topological polar surface area (TPSA) is 62.1 Å². The number of fused-ring (bicyclic) bond motifs is 1. The molecule has 2 fully saturated rings. The Hall–Kier alpha value is -2.59. The van der Waals surface area contributed by atoms with Gasteiger partial charge in [-0.2, -0.15) is 13.2 Å². The summed E-state index contributed by atoms with van der Waals surface area (Å²) in [5.41, 5.74) is 0.986. The molecule has 34 heavy (non-hydrogen) atoms. The van der Waals surface area contributed by atoms with E-state index in [4.69, 9.17) is 4.74 Å². The first-order valence-corrected chi connectivity index (χ1v) is 11.8. The zero-order chi connectivity index (χ0) is 24.5. The fourth-order valence-corrected chi connectivity index (χ4v) is 4.72. The van der Waals surface area contributed by atoms with Gasteiger partial charge >= 0.3 is 6.18 Å². The monoisotopic (exact) mass is 479 g/mol. The predicted octanol–water partition coefficient (Wildman–Crippen LogP) is 3.77. The molecular formula is C24H32F3N5O2. The van der Waals surface area contributed by atoms with Crippen LogP contribution in [-0.2, 0) is 15.7 Å². The Labute approximate surface area is 197 Å². The second kappa shape index (κ2) is 9.95. The highest BCUT2D eigenvalue weighted by atomic mass is 19.4. The third-order valence-corrected chi connectivity index (χ3v) is 6.59. The number of hydrogen-bond acceptors (Lipinski definition) is 5. The van der Waals surface area contributed by atoms with Gasteiger partial charge in [0, 0.05) is 56.9 Å². The first-order chi connectivity index (χ1) is 16.2. The zero-order valence-electron chi connectivity index (χ0n) is 19.6. The Morgan fingerprint density at radius 3 is 2.71 bits per heavy atom. The lowest BCUT2D eigenvalue weighted by atomic mass is 10.0.